The number of hydrogen-bond acceptors (Lipinski definition) is 8. The van der Waals surface area contributed by atoms with Crippen molar-refractivity contribution in [3.8, 4) is 39.8 Å². The van der Waals surface area contributed by atoms with Gasteiger partial charge in [-0.1, -0.05) is 56.3 Å². The largest absolute Gasteiger partial charge is 0.469 e. The number of anilines is 1. The quantitative estimate of drug-likeness (QED) is 0.191. The van der Waals surface area contributed by atoms with Crippen LogP contribution in [0.1, 0.15) is 48.2 Å². The minimum absolute atomic E-state index is 0.0459. The molecule has 10 nitrogen and oxygen atoms in total. The van der Waals surface area contributed by atoms with Gasteiger partial charge >= 0.3 is 0 Å². The van der Waals surface area contributed by atoms with Crippen molar-refractivity contribution in [1.29, 1.82) is 0 Å². The molecular weight excluding hydrogens is 568 g/mol. The molecule has 2 unspecified atom stereocenters. The van der Waals surface area contributed by atoms with Crippen molar-refractivity contribution >= 4 is 22.5 Å². The summed E-state index contributed by atoms with van der Waals surface area (Å²) in [5.74, 6) is 2.25. The molecule has 1 amide bonds. The lowest BCUT2D eigenvalue weighted by molar-refractivity contribution is -0.123. The van der Waals surface area contributed by atoms with Crippen LogP contribution in [0.5, 0.6) is 5.75 Å². The number of fused-ring (bicyclic) bond motifs is 7. The third-order valence-electron chi connectivity index (χ3n) is 9.87. The summed E-state index contributed by atoms with van der Waals surface area (Å²) in [4.78, 5) is 26.7. The number of carbonyl (C=O) groups excluding carboxylic acids is 1. The first-order chi connectivity index (χ1) is 21.9. The molecule has 0 fully saturated rings. The molecule has 4 aliphatic rings. The summed E-state index contributed by atoms with van der Waals surface area (Å²) < 4.78 is 20.2. The number of H-pyrrole nitrogens is 1. The second-order valence-electron chi connectivity index (χ2n) is 12.7. The second-order valence-corrected chi connectivity index (χ2v) is 12.7. The summed E-state index contributed by atoms with van der Waals surface area (Å²) in [5.41, 5.74) is 13.8. The first kappa shape index (κ1) is 25.0. The molecule has 5 N–H and O–H groups in total. The van der Waals surface area contributed by atoms with Crippen LogP contribution in [0.15, 0.2) is 75.8 Å². The summed E-state index contributed by atoms with van der Waals surface area (Å²) in [6.07, 6.45) is 3.51. The van der Waals surface area contributed by atoms with E-state index < -0.39 is 23.7 Å². The van der Waals surface area contributed by atoms with Gasteiger partial charge in [0.1, 0.15) is 17.2 Å². The van der Waals surface area contributed by atoms with Crippen molar-refractivity contribution in [2.24, 2.45) is 11.7 Å². The lowest BCUT2D eigenvalue weighted by Gasteiger charge is -2.28. The highest BCUT2D eigenvalue weighted by Crippen LogP contribution is 2.61. The van der Waals surface area contributed by atoms with Crippen molar-refractivity contribution < 1.29 is 18.4 Å². The van der Waals surface area contributed by atoms with Gasteiger partial charge in [-0.3, -0.25) is 4.79 Å². The van der Waals surface area contributed by atoms with Gasteiger partial charge < -0.3 is 34.9 Å². The van der Waals surface area contributed by atoms with Crippen molar-refractivity contribution in [2.45, 2.75) is 44.0 Å². The first-order valence-corrected chi connectivity index (χ1v) is 15.3. The maximum absolute atomic E-state index is 13.4. The standard InChI is InChI=1S/C35H28N6O4/c1-15(2)27-33-40-29-30(45-33)35-20-7-3-6-18(17-5-4-8-23-26(17)19(13-37-23)25-14-38-32(29)43-25)28(20)41-34(35)44-24-10-9-16(11-21(24)35)12-22(36)31(42)39-27/h3-11,13-15,22,27,34,37,41H,12,36H2,1-2H3,(H,39,42)/t22-,27-,34?,35?/m0/s1. The predicted octanol–water partition coefficient (Wildman–Crippen LogP) is 5.63. The maximum atomic E-state index is 13.4. The molecule has 0 saturated heterocycles. The average molecular weight is 597 g/mol. The third kappa shape index (κ3) is 3.09. The molecule has 10 rings (SSSR count). The number of aromatic nitrogens is 3. The normalized spacial score (nSPS) is 23.6. The Labute approximate surface area is 257 Å². The molecule has 10 bridgehead atoms. The number of oxazole rings is 2. The molecule has 3 aromatic carbocycles. The van der Waals surface area contributed by atoms with E-state index in [0.29, 0.717) is 35.4 Å². The van der Waals surface area contributed by atoms with Crippen molar-refractivity contribution in [3.05, 3.63) is 95.3 Å². The smallest absolute Gasteiger partial charge is 0.249 e. The number of benzene rings is 3. The Morgan fingerprint density at radius 2 is 1.87 bits per heavy atom. The molecule has 10 heteroatoms. The monoisotopic (exact) mass is 596 g/mol. The Balaban J connectivity index is 1.39. The number of ether oxygens (including phenoxy) is 1. The van der Waals surface area contributed by atoms with Crippen LogP contribution in [0, 0.1) is 5.92 Å². The Morgan fingerprint density at radius 3 is 2.76 bits per heavy atom. The topological polar surface area (TPSA) is 144 Å². The maximum Gasteiger partial charge on any atom is 0.249 e. The van der Waals surface area contributed by atoms with E-state index in [2.05, 4.69) is 58.1 Å². The fourth-order valence-corrected chi connectivity index (χ4v) is 7.77. The Kier molecular flexibility index (Phi) is 4.68. The van der Waals surface area contributed by atoms with Crippen LogP contribution in [-0.4, -0.2) is 33.1 Å². The molecule has 3 aromatic heterocycles. The van der Waals surface area contributed by atoms with E-state index in [1.165, 1.54) is 0 Å². The van der Waals surface area contributed by atoms with Gasteiger partial charge in [0.2, 0.25) is 17.7 Å². The molecule has 1 spiro atoms. The van der Waals surface area contributed by atoms with E-state index in [-0.39, 0.29) is 11.8 Å². The van der Waals surface area contributed by atoms with Gasteiger partial charge in [-0.15, -0.1) is 0 Å². The van der Waals surface area contributed by atoms with Crippen molar-refractivity contribution in [2.75, 3.05) is 5.32 Å². The van der Waals surface area contributed by atoms with Gasteiger partial charge in [-0.05, 0) is 35.6 Å². The SMILES string of the molecule is CC(C)[C@@H]1NC(=O)[C@@H](N)Cc2ccc3c(c2)C24c5cccc(c5NC2O3)-c2cccc3[nH]cc(c23)-c2cnc(o2)-c2nc1oc24. The molecule has 4 aliphatic heterocycles. The lowest BCUT2D eigenvalue weighted by Crippen LogP contribution is -2.45. The highest BCUT2D eigenvalue weighted by molar-refractivity contribution is 6.07. The van der Waals surface area contributed by atoms with Gasteiger partial charge in [-0.2, -0.15) is 0 Å². The number of nitrogens with two attached hydrogens (primary N) is 1. The lowest BCUT2D eigenvalue weighted by atomic mass is 9.72. The molecular formula is C35H28N6O4. The van der Waals surface area contributed by atoms with Gasteiger partial charge in [0.15, 0.2) is 23.4 Å². The number of aromatic amines is 1. The molecule has 222 valence electrons. The summed E-state index contributed by atoms with van der Waals surface area (Å²) in [5, 5.41) is 7.93. The number of hydrogen-bond donors (Lipinski definition) is 4. The van der Waals surface area contributed by atoms with Crippen LogP contribution < -0.4 is 21.1 Å². The molecule has 6 aromatic rings. The average Bonchev–Trinajstić information content (AvgIpc) is 3.84. The van der Waals surface area contributed by atoms with E-state index >= 15 is 0 Å². The van der Waals surface area contributed by atoms with Gasteiger partial charge in [0.25, 0.3) is 0 Å². The Hall–Kier alpha value is -5.35. The number of amides is 1. The van der Waals surface area contributed by atoms with Crippen molar-refractivity contribution in [3.63, 3.8) is 0 Å². The minimum atomic E-state index is -0.950. The Bertz CT molecular complexity index is 2240. The molecule has 0 saturated carbocycles. The van der Waals surface area contributed by atoms with Crippen LogP contribution in [0.4, 0.5) is 5.69 Å². The zero-order valence-corrected chi connectivity index (χ0v) is 24.5. The fourth-order valence-electron chi connectivity index (χ4n) is 7.77. The summed E-state index contributed by atoms with van der Waals surface area (Å²) in [6.45, 7) is 4.04. The molecule has 0 radical (unpaired) electrons. The number of nitrogens with zero attached hydrogens (tertiary/aromatic N) is 2. The number of carbonyl (C=O) groups is 1. The number of para-hydroxylation sites is 1. The van der Waals surface area contributed by atoms with Gasteiger partial charge in [0, 0.05) is 45.0 Å². The second kappa shape index (κ2) is 8.42. The zero-order chi connectivity index (χ0) is 30.2. The van der Waals surface area contributed by atoms with Crippen molar-refractivity contribution in [1.82, 2.24) is 20.3 Å². The molecule has 4 atom stereocenters. The number of nitrogens with one attached hydrogen (secondary N) is 3. The number of rotatable bonds is 1. The molecule has 0 aliphatic carbocycles. The fraction of sp³-hybridized carbons (Fsp3) is 0.229. The Morgan fingerprint density at radius 1 is 1.00 bits per heavy atom. The zero-order valence-electron chi connectivity index (χ0n) is 24.5. The van der Waals surface area contributed by atoms with Crippen LogP contribution in [-0.2, 0) is 16.6 Å². The summed E-state index contributed by atoms with van der Waals surface area (Å²) in [7, 11) is 0. The van der Waals surface area contributed by atoms with E-state index in [1.54, 1.807) is 6.20 Å². The molecule has 7 heterocycles. The summed E-state index contributed by atoms with van der Waals surface area (Å²) in [6, 6.07) is 17.3. The van der Waals surface area contributed by atoms with E-state index in [1.807, 2.05) is 32.2 Å². The van der Waals surface area contributed by atoms with Gasteiger partial charge in [-0.25, -0.2) is 9.97 Å². The molecule has 45 heavy (non-hydrogen) atoms. The van der Waals surface area contributed by atoms with Crippen LogP contribution in [0.25, 0.3) is 44.9 Å². The summed E-state index contributed by atoms with van der Waals surface area (Å²) >= 11 is 0. The van der Waals surface area contributed by atoms with Crippen LogP contribution in [0.2, 0.25) is 0 Å². The highest BCUT2D eigenvalue weighted by atomic mass is 16.5. The van der Waals surface area contributed by atoms with E-state index in [0.717, 1.165) is 55.7 Å². The van der Waals surface area contributed by atoms with Gasteiger partial charge in [0.05, 0.1) is 12.2 Å². The minimum Gasteiger partial charge on any atom is -0.469 e. The van der Waals surface area contributed by atoms with Crippen LogP contribution in [0.3, 0.4) is 0 Å². The van der Waals surface area contributed by atoms with E-state index in [4.69, 9.17) is 29.3 Å². The van der Waals surface area contributed by atoms with E-state index in [9.17, 15) is 4.79 Å². The highest BCUT2D eigenvalue weighted by Gasteiger charge is 2.61. The third-order valence-corrected chi connectivity index (χ3v) is 9.87. The van der Waals surface area contributed by atoms with Crippen LogP contribution >= 0.6 is 0 Å². The first-order valence-electron chi connectivity index (χ1n) is 15.3. The predicted molar refractivity (Wildman–Crippen MR) is 166 cm³/mol.